The SMILES string of the molecule is CC1C(CCN)S(=O)(=O)c2cc(Br)ccc2N1C. The summed E-state index contributed by atoms with van der Waals surface area (Å²) in [5.74, 6) is 0. The van der Waals surface area contributed by atoms with Gasteiger partial charge in [-0.25, -0.2) is 8.42 Å². The molecule has 0 spiro atoms. The highest BCUT2D eigenvalue weighted by atomic mass is 79.9. The van der Waals surface area contributed by atoms with E-state index in [4.69, 9.17) is 5.73 Å². The van der Waals surface area contributed by atoms with Gasteiger partial charge in [0, 0.05) is 17.6 Å². The third kappa shape index (κ3) is 2.06. The summed E-state index contributed by atoms with van der Waals surface area (Å²) in [7, 11) is -1.38. The van der Waals surface area contributed by atoms with E-state index in [1.165, 1.54) is 0 Å². The largest absolute Gasteiger partial charge is 0.370 e. The van der Waals surface area contributed by atoms with E-state index in [2.05, 4.69) is 15.9 Å². The first-order valence-corrected chi connectivity index (χ1v) is 8.20. The van der Waals surface area contributed by atoms with Crippen molar-refractivity contribution < 1.29 is 8.42 Å². The minimum atomic E-state index is -3.30. The van der Waals surface area contributed by atoms with Crippen LogP contribution in [0.1, 0.15) is 13.3 Å². The normalized spacial score (nSPS) is 25.9. The Bertz CT molecular complexity index is 559. The monoisotopic (exact) mass is 332 g/mol. The molecule has 1 aliphatic rings. The lowest BCUT2D eigenvalue weighted by molar-refractivity contribution is 0.524. The Labute approximate surface area is 116 Å². The lowest BCUT2D eigenvalue weighted by Gasteiger charge is -2.39. The fourth-order valence-electron chi connectivity index (χ4n) is 2.46. The molecule has 0 saturated heterocycles. The van der Waals surface area contributed by atoms with Gasteiger partial charge >= 0.3 is 0 Å². The first kappa shape index (κ1) is 13.8. The number of benzene rings is 1. The number of nitrogens with zero attached hydrogens (tertiary/aromatic N) is 1. The van der Waals surface area contributed by atoms with Crippen LogP contribution in [0.3, 0.4) is 0 Å². The minimum Gasteiger partial charge on any atom is -0.370 e. The van der Waals surface area contributed by atoms with Gasteiger partial charge in [-0.3, -0.25) is 0 Å². The number of sulfone groups is 1. The zero-order chi connectivity index (χ0) is 13.5. The number of rotatable bonds is 2. The Hall–Kier alpha value is -0.590. The summed E-state index contributed by atoms with van der Waals surface area (Å²) in [5.41, 5.74) is 6.31. The molecule has 0 radical (unpaired) electrons. The molecule has 0 amide bonds. The summed E-state index contributed by atoms with van der Waals surface area (Å²) in [5, 5.41) is -0.436. The van der Waals surface area contributed by atoms with Crippen LogP contribution in [0.5, 0.6) is 0 Å². The van der Waals surface area contributed by atoms with Gasteiger partial charge in [-0.15, -0.1) is 0 Å². The second kappa shape index (κ2) is 4.83. The van der Waals surface area contributed by atoms with E-state index in [0.717, 1.165) is 10.2 Å². The molecule has 18 heavy (non-hydrogen) atoms. The molecule has 0 aliphatic carbocycles. The highest BCUT2D eigenvalue weighted by Gasteiger charge is 2.40. The van der Waals surface area contributed by atoms with E-state index in [0.29, 0.717) is 17.9 Å². The van der Waals surface area contributed by atoms with Crippen molar-refractivity contribution in [3.63, 3.8) is 0 Å². The smallest absolute Gasteiger partial charge is 0.185 e. The van der Waals surface area contributed by atoms with Crippen LogP contribution in [-0.4, -0.2) is 33.3 Å². The first-order valence-electron chi connectivity index (χ1n) is 5.86. The molecule has 6 heteroatoms. The zero-order valence-corrected chi connectivity index (χ0v) is 12.8. The molecule has 100 valence electrons. The molecule has 1 aromatic rings. The second-order valence-corrected chi connectivity index (χ2v) is 7.68. The van der Waals surface area contributed by atoms with Crippen LogP contribution in [0.15, 0.2) is 27.6 Å². The highest BCUT2D eigenvalue weighted by Crippen LogP contribution is 2.38. The summed E-state index contributed by atoms with van der Waals surface area (Å²) < 4.78 is 26.0. The van der Waals surface area contributed by atoms with E-state index in [9.17, 15) is 8.42 Å². The van der Waals surface area contributed by atoms with Gasteiger partial charge in [-0.05, 0) is 38.1 Å². The van der Waals surface area contributed by atoms with Crippen molar-refractivity contribution in [3.05, 3.63) is 22.7 Å². The van der Waals surface area contributed by atoms with Crippen molar-refractivity contribution in [1.29, 1.82) is 0 Å². The van der Waals surface area contributed by atoms with Crippen molar-refractivity contribution in [2.24, 2.45) is 5.73 Å². The molecule has 1 aliphatic heterocycles. The van der Waals surface area contributed by atoms with Gasteiger partial charge in [-0.1, -0.05) is 15.9 Å². The van der Waals surface area contributed by atoms with Gasteiger partial charge in [-0.2, -0.15) is 0 Å². The lowest BCUT2D eigenvalue weighted by atomic mass is 10.1. The molecule has 1 heterocycles. The maximum atomic E-state index is 12.6. The summed E-state index contributed by atoms with van der Waals surface area (Å²) in [6.07, 6.45) is 0.486. The molecule has 0 saturated carbocycles. The van der Waals surface area contributed by atoms with Crippen molar-refractivity contribution >= 4 is 31.5 Å². The number of hydrogen-bond donors (Lipinski definition) is 1. The Morgan fingerprint density at radius 3 is 2.72 bits per heavy atom. The van der Waals surface area contributed by atoms with E-state index < -0.39 is 15.1 Å². The van der Waals surface area contributed by atoms with Crippen molar-refractivity contribution in [2.75, 3.05) is 18.5 Å². The molecule has 2 N–H and O–H groups in total. The third-order valence-electron chi connectivity index (χ3n) is 3.61. The predicted octanol–water partition coefficient (Wildman–Crippen LogP) is 1.78. The molecule has 0 fully saturated rings. The van der Waals surface area contributed by atoms with Gasteiger partial charge in [0.2, 0.25) is 0 Å². The van der Waals surface area contributed by atoms with Gasteiger partial charge in [0.05, 0.1) is 15.8 Å². The number of fused-ring (bicyclic) bond motifs is 1. The molecular weight excluding hydrogens is 316 g/mol. The standard InChI is InChI=1S/C12H17BrN2O2S/c1-8-11(5-6-14)18(16,17)12-7-9(13)3-4-10(12)15(8)2/h3-4,7-8,11H,5-6,14H2,1-2H3. The highest BCUT2D eigenvalue weighted by molar-refractivity contribution is 9.10. The van der Waals surface area contributed by atoms with Crippen LogP contribution in [0.25, 0.3) is 0 Å². The molecule has 4 nitrogen and oxygen atoms in total. The summed E-state index contributed by atoms with van der Waals surface area (Å²) in [6, 6.07) is 5.32. The van der Waals surface area contributed by atoms with Crippen LogP contribution in [-0.2, 0) is 9.84 Å². The molecule has 0 aromatic heterocycles. The summed E-state index contributed by atoms with van der Waals surface area (Å²) in [6.45, 7) is 2.31. The first-order chi connectivity index (χ1) is 8.39. The Morgan fingerprint density at radius 1 is 1.44 bits per heavy atom. The molecule has 1 aromatic carbocycles. The van der Waals surface area contributed by atoms with E-state index in [1.807, 2.05) is 31.0 Å². The molecule has 2 unspecified atom stereocenters. The lowest BCUT2D eigenvalue weighted by Crippen LogP contribution is -2.48. The predicted molar refractivity (Wildman–Crippen MR) is 76.7 cm³/mol. The molecular formula is C12H17BrN2O2S. The molecule has 0 bridgehead atoms. The maximum Gasteiger partial charge on any atom is 0.185 e. The van der Waals surface area contributed by atoms with Crippen LogP contribution in [0.4, 0.5) is 5.69 Å². The fourth-order valence-corrected chi connectivity index (χ4v) is 5.24. The number of hydrogen-bond acceptors (Lipinski definition) is 4. The van der Waals surface area contributed by atoms with E-state index in [-0.39, 0.29) is 6.04 Å². The Morgan fingerprint density at radius 2 is 2.11 bits per heavy atom. The average Bonchev–Trinajstić information content (AvgIpc) is 2.32. The van der Waals surface area contributed by atoms with Gasteiger partial charge in [0.25, 0.3) is 0 Å². The topological polar surface area (TPSA) is 63.4 Å². The van der Waals surface area contributed by atoms with Crippen molar-refractivity contribution in [1.82, 2.24) is 0 Å². The van der Waals surface area contributed by atoms with Gasteiger partial charge in [0.1, 0.15) is 0 Å². The summed E-state index contributed by atoms with van der Waals surface area (Å²) in [4.78, 5) is 2.42. The Balaban J connectivity index is 2.63. The van der Waals surface area contributed by atoms with Crippen LogP contribution < -0.4 is 10.6 Å². The van der Waals surface area contributed by atoms with E-state index >= 15 is 0 Å². The maximum absolute atomic E-state index is 12.6. The number of halogens is 1. The number of anilines is 1. The third-order valence-corrected chi connectivity index (χ3v) is 6.47. The van der Waals surface area contributed by atoms with Gasteiger partial charge in [0.15, 0.2) is 9.84 Å². The average molecular weight is 333 g/mol. The molecule has 2 rings (SSSR count). The van der Waals surface area contributed by atoms with Crippen LogP contribution in [0.2, 0.25) is 0 Å². The van der Waals surface area contributed by atoms with Gasteiger partial charge < -0.3 is 10.6 Å². The van der Waals surface area contributed by atoms with Crippen molar-refractivity contribution in [3.8, 4) is 0 Å². The van der Waals surface area contributed by atoms with Crippen LogP contribution in [0, 0.1) is 0 Å². The quantitative estimate of drug-likeness (QED) is 0.896. The minimum absolute atomic E-state index is 0.0628. The fraction of sp³-hybridized carbons (Fsp3) is 0.500. The molecule has 2 atom stereocenters. The van der Waals surface area contributed by atoms with Crippen molar-refractivity contribution in [2.45, 2.75) is 29.5 Å². The zero-order valence-electron chi connectivity index (χ0n) is 10.4. The summed E-state index contributed by atoms with van der Waals surface area (Å²) >= 11 is 3.33. The Kier molecular flexibility index (Phi) is 3.71. The number of nitrogens with two attached hydrogens (primary N) is 1. The van der Waals surface area contributed by atoms with E-state index in [1.54, 1.807) is 6.07 Å². The second-order valence-electron chi connectivity index (χ2n) is 4.62. The van der Waals surface area contributed by atoms with Crippen LogP contribution >= 0.6 is 15.9 Å².